The molecule has 0 aliphatic rings. The summed E-state index contributed by atoms with van der Waals surface area (Å²) in [5.41, 5.74) is 1.27. The Morgan fingerprint density at radius 3 is 2.58 bits per heavy atom. The Kier molecular flexibility index (Phi) is 10.2. The van der Waals surface area contributed by atoms with Gasteiger partial charge in [-0.1, -0.05) is 36.4 Å². The maximum atomic E-state index is 4.32. The molecule has 0 radical (unpaired) electrons. The van der Waals surface area contributed by atoms with Crippen molar-refractivity contribution in [2.45, 2.75) is 25.8 Å². The zero-order valence-electron chi connectivity index (χ0n) is 14.7. The van der Waals surface area contributed by atoms with Crippen LogP contribution in [0.1, 0.15) is 31.4 Å². The fourth-order valence-electron chi connectivity index (χ4n) is 2.54. The van der Waals surface area contributed by atoms with Crippen LogP contribution in [0.5, 0.6) is 0 Å². The summed E-state index contributed by atoms with van der Waals surface area (Å²) < 4.78 is 0. The Balaban J connectivity index is 0.00000288. The van der Waals surface area contributed by atoms with Crippen LogP contribution in [0.4, 0.5) is 0 Å². The minimum absolute atomic E-state index is 0. The van der Waals surface area contributed by atoms with Gasteiger partial charge in [-0.05, 0) is 54.2 Å². The first-order valence-electron chi connectivity index (χ1n) is 8.19. The molecule has 0 aliphatic carbocycles. The van der Waals surface area contributed by atoms with Crippen LogP contribution < -0.4 is 10.6 Å². The number of thioether (sulfide) groups is 1. The summed E-state index contributed by atoms with van der Waals surface area (Å²) in [5, 5.41) is 9.42. The number of hydrogen-bond acceptors (Lipinski definition) is 2. The maximum Gasteiger partial charge on any atom is 0.191 e. The number of guanidine groups is 1. The monoisotopic (exact) mass is 457 g/mol. The minimum atomic E-state index is 0. The Bertz CT molecular complexity index is 645. The topological polar surface area (TPSA) is 36.4 Å². The lowest BCUT2D eigenvalue weighted by molar-refractivity contribution is 0.672. The van der Waals surface area contributed by atoms with Crippen molar-refractivity contribution >= 4 is 52.5 Å². The molecule has 2 aromatic rings. The zero-order chi connectivity index (χ0) is 16.5. The predicted octanol–water partition coefficient (Wildman–Crippen LogP) is 4.83. The lowest BCUT2D eigenvalue weighted by atomic mass is 10.0. The molecule has 24 heavy (non-hydrogen) atoms. The molecule has 0 bridgehead atoms. The van der Waals surface area contributed by atoms with Gasteiger partial charge in [-0.25, -0.2) is 0 Å². The molecule has 0 saturated carbocycles. The van der Waals surface area contributed by atoms with Crippen LogP contribution in [-0.2, 0) is 0 Å². The van der Waals surface area contributed by atoms with E-state index in [4.69, 9.17) is 0 Å². The van der Waals surface area contributed by atoms with Crippen molar-refractivity contribution < 1.29 is 0 Å². The highest BCUT2D eigenvalue weighted by Crippen LogP contribution is 2.20. The number of aliphatic imine (C=N–C) groups is 1. The molecule has 3 nitrogen and oxygen atoms in total. The average molecular weight is 457 g/mol. The van der Waals surface area contributed by atoms with Crippen LogP contribution in [0.3, 0.4) is 0 Å². The van der Waals surface area contributed by atoms with Crippen molar-refractivity contribution in [1.29, 1.82) is 0 Å². The molecule has 0 fully saturated rings. The third-order valence-electron chi connectivity index (χ3n) is 3.92. The lowest BCUT2D eigenvalue weighted by Gasteiger charge is -2.18. The van der Waals surface area contributed by atoms with Gasteiger partial charge in [-0.3, -0.25) is 4.99 Å². The fraction of sp³-hybridized carbons (Fsp3) is 0.421. The average Bonchev–Trinajstić information content (AvgIpc) is 2.59. The molecule has 0 aromatic heterocycles. The standard InChI is InChI=1S/C19H27N3S.HI/c1-15(22-19(20-2)21-12-6-7-13-23-3)17-11-10-16-8-4-5-9-18(16)14-17;/h4-5,8-11,14-15H,6-7,12-13H2,1-3H3,(H2,20,21,22);1H. The Morgan fingerprint density at radius 2 is 1.88 bits per heavy atom. The van der Waals surface area contributed by atoms with E-state index in [1.54, 1.807) is 0 Å². The summed E-state index contributed by atoms with van der Waals surface area (Å²) in [6.07, 6.45) is 4.57. The van der Waals surface area contributed by atoms with E-state index < -0.39 is 0 Å². The third-order valence-corrected chi connectivity index (χ3v) is 4.61. The summed E-state index contributed by atoms with van der Waals surface area (Å²) >= 11 is 1.90. The van der Waals surface area contributed by atoms with E-state index in [2.05, 4.69) is 71.3 Å². The summed E-state index contributed by atoms with van der Waals surface area (Å²) in [7, 11) is 1.82. The molecule has 0 heterocycles. The third kappa shape index (κ3) is 6.51. The van der Waals surface area contributed by atoms with Crippen molar-refractivity contribution in [3.63, 3.8) is 0 Å². The molecule has 2 aromatic carbocycles. The molecular formula is C19H28IN3S. The highest BCUT2D eigenvalue weighted by atomic mass is 127. The minimum Gasteiger partial charge on any atom is -0.356 e. The number of fused-ring (bicyclic) bond motifs is 1. The summed E-state index contributed by atoms with van der Waals surface area (Å²) in [6.45, 7) is 3.13. The van der Waals surface area contributed by atoms with Crippen LogP contribution in [-0.4, -0.2) is 31.6 Å². The van der Waals surface area contributed by atoms with E-state index in [-0.39, 0.29) is 30.0 Å². The molecule has 0 amide bonds. The Morgan fingerprint density at radius 1 is 1.12 bits per heavy atom. The summed E-state index contributed by atoms with van der Waals surface area (Å²) in [6, 6.07) is 15.3. The second-order valence-corrected chi connectivity index (χ2v) is 6.66. The van der Waals surface area contributed by atoms with Crippen molar-refractivity contribution in [3.8, 4) is 0 Å². The van der Waals surface area contributed by atoms with Crippen LogP contribution >= 0.6 is 35.7 Å². The predicted molar refractivity (Wildman–Crippen MR) is 120 cm³/mol. The first-order valence-corrected chi connectivity index (χ1v) is 9.59. The molecule has 132 valence electrons. The Labute approximate surface area is 167 Å². The highest BCUT2D eigenvalue weighted by Gasteiger charge is 2.08. The van der Waals surface area contributed by atoms with E-state index in [0.717, 1.165) is 12.5 Å². The Hall–Kier alpha value is -0.950. The second kappa shape index (κ2) is 11.6. The van der Waals surface area contributed by atoms with E-state index >= 15 is 0 Å². The fourth-order valence-corrected chi connectivity index (χ4v) is 3.03. The number of halogens is 1. The molecule has 5 heteroatoms. The second-order valence-electron chi connectivity index (χ2n) is 5.67. The first-order chi connectivity index (χ1) is 11.2. The van der Waals surface area contributed by atoms with Gasteiger partial charge in [0.15, 0.2) is 5.96 Å². The highest BCUT2D eigenvalue weighted by molar-refractivity contribution is 14.0. The van der Waals surface area contributed by atoms with Gasteiger partial charge in [0, 0.05) is 13.6 Å². The van der Waals surface area contributed by atoms with Crippen LogP contribution in [0.2, 0.25) is 0 Å². The molecule has 1 unspecified atom stereocenters. The van der Waals surface area contributed by atoms with E-state index in [1.165, 1.54) is 34.9 Å². The van der Waals surface area contributed by atoms with Gasteiger partial charge in [0.2, 0.25) is 0 Å². The van der Waals surface area contributed by atoms with Crippen LogP contribution in [0.15, 0.2) is 47.5 Å². The van der Waals surface area contributed by atoms with Crippen molar-refractivity contribution in [3.05, 3.63) is 48.0 Å². The molecule has 0 spiro atoms. The number of hydrogen-bond donors (Lipinski definition) is 2. The van der Waals surface area contributed by atoms with Gasteiger partial charge >= 0.3 is 0 Å². The van der Waals surface area contributed by atoms with Crippen LogP contribution in [0.25, 0.3) is 10.8 Å². The normalized spacial score (nSPS) is 12.5. The van der Waals surface area contributed by atoms with Crippen molar-refractivity contribution in [2.75, 3.05) is 25.6 Å². The number of nitrogens with zero attached hydrogens (tertiary/aromatic N) is 1. The van der Waals surface area contributed by atoms with E-state index in [0.29, 0.717) is 0 Å². The van der Waals surface area contributed by atoms with Crippen LogP contribution in [0, 0.1) is 0 Å². The molecule has 2 rings (SSSR count). The zero-order valence-corrected chi connectivity index (χ0v) is 17.9. The van der Waals surface area contributed by atoms with Crippen molar-refractivity contribution in [2.24, 2.45) is 4.99 Å². The molecule has 1 atom stereocenters. The number of rotatable bonds is 7. The van der Waals surface area contributed by atoms with Gasteiger partial charge in [0.25, 0.3) is 0 Å². The number of unbranched alkanes of at least 4 members (excludes halogenated alkanes) is 1. The SMILES string of the molecule is CN=C(NCCCCSC)NC(C)c1ccc2ccccc2c1.I. The molecular weight excluding hydrogens is 429 g/mol. The van der Waals surface area contributed by atoms with Gasteiger partial charge < -0.3 is 10.6 Å². The quantitative estimate of drug-likeness (QED) is 0.271. The molecule has 2 N–H and O–H groups in total. The molecule has 0 aliphatic heterocycles. The smallest absolute Gasteiger partial charge is 0.191 e. The van der Waals surface area contributed by atoms with Gasteiger partial charge in [-0.15, -0.1) is 24.0 Å². The number of nitrogens with one attached hydrogen (secondary N) is 2. The maximum absolute atomic E-state index is 4.32. The van der Waals surface area contributed by atoms with E-state index in [9.17, 15) is 0 Å². The number of benzene rings is 2. The first kappa shape index (κ1) is 21.1. The van der Waals surface area contributed by atoms with Crippen molar-refractivity contribution in [1.82, 2.24) is 10.6 Å². The lowest BCUT2D eigenvalue weighted by Crippen LogP contribution is -2.39. The summed E-state index contributed by atoms with van der Waals surface area (Å²) in [5.74, 6) is 2.09. The van der Waals surface area contributed by atoms with E-state index in [1.807, 2.05) is 18.8 Å². The molecule has 0 saturated heterocycles. The largest absolute Gasteiger partial charge is 0.356 e. The van der Waals surface area contributed by atoms with Gasteiger partial charge in [0.05, 0.1) is 6.04 Å². The summed E-state index contributed by atoms with van der Waals surface area (Å²) in [4.78, 5) is 4.32. The van der Waals surface area contributed by atoms with Gasteiger partial charge in [0.1, 0.15) is 0 Å². The van der Waals surface area contributed by atoms with Gasteiger partial charge in [-0.2, -0.15) is 11.8 Å².